The highest BCUT2D eigenvalue weighted by Gasteiger charge is 2.09. The third kappa shape index (κ3) is 6.28. The normalized spacial score (nSPS) is 17.4. The first-order valence-electron chi connectivity index (χ1n) is 5.07. The van der Waals surface area contributed by atoms with Gasteiger partial charge in [-0.3, -0.25) is 0 Å². The van der Waals surface area contributed by atoms with E-state index in [0.717, 1.165) is 12.3 Å². The summed E-state index contributed by atoms with van der Waals surface area (Å²) in [6.07, 6.45) is 14.1. The minimum absolute atomic E-state index is 0.847. The summed E-state index contributed by atoms with van der Waals surface area (Å²) < 4.78 is 0. The lowest BCUT2D eigenvalue weighted by molar-refractivity contribution is 0.360. The molecule has 1 aliphatic carbocycles. The molecule has 1 rings (SSSR count). The van der Waals surface area contributed by atoms with Crippen molar-refractivity contribution < 1.29 is 0 Å². The Hall–Kier alpha value is -0.440. The summed E-state index contributed by atoms with van der Waals surface area (Å²) in [4.78, 5) is 0. The molecular weight excluding hydrogens is 144 g/mol. The van der Waals surface area contributed by atoms with E-state index in [0.29, 0.717) is 0 Å². The van der Waals surface area contributed by atoms with Crippen LogP contribution in [0.1, 0.15) is 51.9 Å². The molecule has 0 heteroatoms. The number of hydrogen-bond donors (Lipinski definition) is 0. The van der Waals surface area contributed by atoms with Gasteiger partial charge >= 0.3 is 0 Å². The zero-order chi connectivity index (χ0) is 9.23. The Morgan fingerprint density at radius 1 is 1.33 bits per heavy atom. The molecule has 1 fully saturated rings. The average molecular weight is 165 g/mol. The standard InChI is InChI=1S/C8H15.C4H6/c1-2-8-6-4-3-5-7-8;1-3-4-2/h8H,1-7H2;1H,4H2,2H3. The zero-order valence-electron chi connectivity index (χ0n) is 8.31. The maximum Gasteiger partial charge on any atom is 0.00576 e. The van der Waals surface area contributed by atoms with E-state index < -0.39 is 0 Å². The minimum Gasteiger partial charge on any atom is -0.120 e. The van der Waals surface area contributed by atoms with Gasteiger partial charge in [0.2, 0.25) is 0 Å². The van der Waals surface area contributed by atoms with Crippen molar-refractivity contribution >= 4 is 0 Å². The third-order valence-electron chi connectivity index (χ3n) is 2.34. The van der Waals surface area contributed by atoms with Crippen LogP contribution in [0.3, 0.4) is 0 Å². The molecule has 0 unspecified atom stereocenters. The summed E-state index contributed by atoms with van der Waals surface area (Å²) in [6.45, 7) is 5.85. The van der Waals surface area contributed by atoms with Crippen molar-refractivity contribution in [1.82, 2.24) is 0 Å². The molecule has 0 aromatic heterocycles. The van der Waals surface area contributed by atoms with E-state index in [1.165, 1.54) is 38.5 Å². The van der Waals surface area contributed by atoms with Crippen molar-refractivity contribution in [3.63, 3.8) is 0 Å². The van der Waals surface area contributed by atoms with E-state index in [9.17, 15) is 0 Å². The van der Waals surface area contributed by atoms with E-state index in [2.05, 4.69) is 12.8 Å². The Morgan fingerprint density at radius 2 is 1.83 bits per heavy atom. The molecule has 0 spiro atoms. The van der Waals surface area contributed by atoms with Gasteiger partial charge in [0.1, 0.15) is 0 Å². The highest BCUT2D eigenvalue weighted by Crippen LogP contribution is 2.25. The van der Waals surface area contributed by atoms with E-state index in [-0.39, 0.29) is 0 Å². The van der Waals surface area contributed by atoms with Gasteiger partial charge < -0.3 is 0 Å². The molecule has 12 heavy (non-hydrogen) atoms. The molecular formula is C12H21. The zero-order valence-corrected chi connectivity index (χ0v) is 8.31. The van der Waals surface area contributed by atoms with Crippen molar-refractivity contribution in [2.45, 2.75) is 51.9 Å². The molecule has 0 amide bonds. The largest absolute Gasteiger partial charge is 0.120 e. The molecule has 0 aliphatic heterocycles. The Bertz CT molecular complexity index is 112. The lowest BCUT2D eigenvalue weighted by atomic mass is 9.88. The monoisotopic (exact) mass is 165 g/mol. The van der Waals surface area contributed by atoms with Crippen LogP contribution in [-0.2, 0) is 0 Å². The molecule has 0 saturated heterocycles. The smallest absolute Gasteiger partial charge is 0.00576 e. The van der Waals surface area contributed by atoms with Gasteiger partial charge in [-0.25, -0.2) is 0 Å². The fourth-order valence-corrected chi connectivity index (χ4v) is 1.48. The Labute approximate surface area is 77.8 Å². The Morgan fingerprint density at radius 3 is 2.08 bits per heavy atom. The van der Waals surface area contributed by atoms with Crippen LogP contribution in [0.2, 0.25) is 0 Å². The van der Waals surface area contributed by atoms with Gasteiger partial charge in [0, 0.05) is 6.42 Å². The van der Waals surface area contributed by atoms with E-state index >= 15 is 0 Å². The van der Waals surface area contributed by atoms with Crippen LogP contribution in [0.25, 0.3) is 0 Å². The number of terminal acetylenes is 1. The second-order valence-electron chi connectivity index (χ2n) is 3.35. The van der Waals surface area contributed by atoms with Crippen LogP contribution in [0.5, 0.6) is 0 Å². The van der Waals surface area contributed by atoms with E-state index in [4.69, 9.17) is 6.42 Å². The number of rotatable bonds is 1. The average Bonchev–Trinajstić information content (AvgIpc) is 2.19. The van der Waals surface area contributed by atoms with Gasteiger partial charge in [-0.05, 0) is 5.92 Å². The first-order chi connectivity index (χ1) is 5.85. The quantitative estimate of drug-likeness (QED) is 0.518. The van der Waals surface area contributed by atoms with Crippen LogP contribution in [0.4, 0.5) is 0 Å². The molecule has 0 atom stereocenters. The van der Waals surface area contributed by atoms with E-state index in [1.54, 1.807) is 0 Å². The summed E-state index contributed by atoms with van der Waals surface area (Å²) in [6, 6.07) is 0. The third-order valence-corrected chi connectivity index (χ3v) is 2.34. The van der Waals surface area contributed by atoms with Crippen LogP contribution in [-0.4, -0.2) is 0 Å². The Kier molecular flexibility index (Phi) is 8.34. The van der Waals surface area contributed by atoms with Crippen LogP contribution in [0, 0.1) is 25.2 Å². The summed E-state index contributed by atoms with van der Waals surface area (Å²) in [5.74, 6) is 3.41. The van der Waals surface area contributed by atoms with Gasteiger partial charge in [0.15, 0.2) is 0 Å². The molecule has 0 aromatic rings. The first kappa shape index (κ1) is 11.6. The molecule has 0 bridgehead atoms. The SMILES string of the molecule is C#CCC.[CH2]CC1CCCCC1. The predicted molar refractivity (Wildman–Crippen MR) is 55.7 cm³/mol. The van der Waals surface area contributed by atoms with Gasteiger partial charge in [-0.2, -0.15) is 0 Å². The molecule has 0 nitrogen and oxygen atoms in total. The molecule has 69 valence electrons. The molecule has 0 heterocycles. The van der Waals surface area contributed by atoms with E-state index in [1.807, 2.05) is 6.92 Å². The topological polar surface area (TPSA) is 0 Å². The highest BCUT2D eigenvalue weighted by molar-refractivity contribution is 4.80. The van der Waals surface area contributed by atoms with Crippen molar-refractivity contribution in [2.24, 2.45) is 5.92 Å². The fourth-order valence-electron chi connectivity index (χ4n) is 1.48. The summed E-state index contributed by atoms with van der Waals surface area (Å²) in [7, 11) is 0. The van der Waals surface area contributed by atoms with Crippen molar-refractivity contribution in [2.75, 3.05) is 0 Å². The molecule has 0 N–H and O–H groups in total. The lowest BCUT2D eigenvalue weighted by Gasteiger charge is -2.18. The van der Waals surface area contributed by atoms with Crippen molar-refractivity contribution in [3.8, 4) is 12.3 Å². The summed E-state index contributed by atoms with van der Waals surface area (Å²) >= 11 is 0. The van der Waals surface area contributed by atoms with Gasteiger partial charge in [0.05, 0.1) is 0 Å². The second-order valence-corrected chi connectivity index (χ2v) is 3.35. The summed E-state index contributed by atoms with van der Waals surface area (Å²) in [5, 5.41) is 0. The number of hydrogen-bond acceptors (Lipinski definition) is 0. The van der Waals surface area contributed by atoms with Gasteiger partial charge in [0.25, 0.3) is 0 Å². The highest BCUT2D eigenvalue weighted by atomic mass is 14.2. The molecule has 1 radical (unpaired) electrons. The maximum absolute atomic E-state index is 4.78. The minimum atomic E-state index is 0.847. The second kappa shape index (κ2) is 8.65. The maximum atomic E-state index is 4.78. The van der Waals surface area contributed by atoms with Gasteiger partial charge in [-0.1, -0.05) is 52.4 Å². The van der Waals surface area contributed by atoms with Crippen LogP contribution >= 0.6 is 0 Å². The van der Waals surface area contributed by atoms with Crippen LogP contribution in [0.15, 0.2) is 0 Å². The molecule has 1 saturated carbocycles. The lowest BCUT2D eigenvalue weighted by Crippen LogP contribution is -2.03. The van der Waals surface area contributed by atoms with Crippen LogP contribution < -0.4 is 0 Å². The summed E-state index contributed by atoms with van der Waals surface area (Å²) in [5.41, 5.74) is 0. The Balaban J connectivity index is 0.000000261. The predicted octanol–water partition coefficient (Wildman–Crippen LogP) is 3.82. The van der Waals surface area contributed by atoms with Gasteiger partial charge in [-0.15, -0.1) is 12.3 Å². The molecule has 0 aromatic carbocycles. The molecule has 1 aliphatic rings. The first-order valence-corrected chi connectivity index (χ1v) is 5.07. The fraction of sp³-hybridized carbons (Fsp3) is 0.750. The van der Waals surface area contributed by atoms with Crippen molar-refractivity contribution in [3.05, 3.63) is 6.92 Å². The van der Waals surface area contributed by atoms with Crippen molar-refractivity contribution in [1.29, 1.82) is 0 Å².